The number of fused-ring (bicyclic) bond motifs is 1. The van der Waals surface area contributed by atoms with Gasteiger partial charge in [-0.25, -0.2) is 0 Å². The van der Waals surface area contributed by atoms with E-state index in [2.05, 4.69) is 6.07 Å². The molecule has 2 heterocycles. The fourth-order valence-electron chi connectivity index (χ4n) is 3.04. The van der Waals surface area contributed by atoms with Gasteiger partial charge in [0.1, 0.15) is 0 Å². The van der Waals surface area contributed by atoms with Gasteiger partial charge in [-0.15, -0.1) is 0 Å². The molecular formula is C18H20N2O3. The van der Waals surface area contributed by atoms with Crippen LogP contribution in [0.1, 0.15) is 22.8 Å². The monoisotopic (exact) mass is 312 g/mol. The standard InChI is InChI=1S/C18H20N2O3/c1-13-11-14-5-3-4-6-16(14)20(13)18(22)15-7-8-17(21)19(12-15)9-10-23-2/h3-8,12-13H,9-11H2,1-2H3. The minimum Gasteiger partial charge on any atom is -0.383 e. The van der Waals surface area contributed by atoms with Crippen LogP contribution in [0.5, 0.6) is 0 Å². The zero-order valence-corrected chi connectivity index (χ0v) is 13.4. The number of methoxy groups -OCH3 is 1. The number of benzene rings is 1. The SMILES string of the molecule is COCCn1cc(C(=O)N2c3ccccc3CC2C)ccc1=O. The van der Waals surface area contributed by atoms with E-state index in [0.717, 1.165) is 12.1 Å². The molecule has 0 saturated heterocycles. The van der Waals surface area contributed by atoms with Gasteiger partial charge >= 0.3 is 0 Å². The van der Waals surface area contributed by atoms with Gasteiger partial charge in [-0.3, -0.25) is 9.59 Å². The minimum atomic E-state index is -0.131. The van der Waals surface area contributed by atoms with E-state index >= 15 is 0 Å². The molecule has 0 aliphatic carbocycles. The van der Waals surface area contributed by atoms with Crippen molar-refractivity contribution >= 4 is 11.6 Å². The molecule has 0 radical (unpaired) electrons. The van der Waals surface area contributed by atoms with Gasteiger partial charge < -0.3 is 14.2 Å². The van der Waals surface area contributed by atoms with Crippen molar-refractivity contribution in [1.29, 1.82) is 0 Å². The molecule has 0 bridgehead atoms. The van der Waals surface area contributed by atoms with Crippen LogP contribution in [-0.2, 0) is 17.7 Å². The van der Waals surface area contributed by atoms with Crippen LogP contribution in [0.3, 0.4) is 0 Å². The van der Waals surface area contributed by atoms with Gasteiger partial charge in [0.25, 0.3) is 11.5 Å². The number of amides is 1. The third-order valence-corrected chi connectivity index (χ3v) is 4.19. The summed E-state index contributed by atoms with van der Waals surface area (Å²) in [6, 6.07) is 11.1. The quantitative estimate of drug-likeness (QED) is 0.868. The molecule has 0 saturated carbocycles. The summed E-state index contributed by atoms with van der Waals surface area (Å²) in [5, 5.41) is 0. The summed E-state index contributed by atoms with van der Waals surface area (Å²) in [5.74, 6) is -0.0754. The Bertz CT molecular complexity index is 782. The molecule has 1 aromatic carbocycles. The molecule has 120 valence electrons. The number of pyridine rings is 1. The molecule has 0 fully saturated rings. The second-order valence-electron chi connectivity index (χ2n) is 5.80. The van der Waals surface area contributed by atoms with E-state index in [1.165, 1.54) is 16.2 Å². The number of anilines is 1. The molecule has 3 rings (SSSR count). The maximum absolute atomic E-state index is 12.9. The number of hydrogen-bond acceptors (Lipinski definition) is 3. The number of carbonyl (C=O) groups excluding carboxylic acids is 1. The number of aromatic nitrogens is 1. The van der Waals surface area contributed by atoms with E-state index in [4.69, 9.17) is 4.74 Å². The Balaban J connectivity index is 1.93. The molecule has 1 aliphatic heterocycles. The summed E-state index contributed by atoms with van der Waals surface area (Å²) in [6.45, 7) is 2.90. The Morgan fingerprint density at radius 2 is 2.04 bits per heavy atom. The zero-order chi connectivity index (χ0) is 16.4. The van der Waals surface area contributed by atoms with E-state index < -0.39 is 0 Å². The number of ether oxygens (including phenoxy) is 1. The zero-order valence-electron chi connectivity index (χ0n) is 13.4. The maximum Gasteiger partial charge on any atom is 0.260 e. The van der Waals surface area contributed by atoms with E-state index in [1.54, 1.807) is 19.4 Å². The number of rotatable bonds is 4. The molecule has 23 heavy (non-hydrogen) atoms. The molecule has 1 amide bonds. The number of carbonyl (C=O) groups is 1. The van der Waals surface area contributed by atoms with Crippen LogP contribution in [0.4, 0.5) is 5.69 Å². The Morgan fingerprint density at radius 1 is 1.26 bits per heavy atom. The van der Waals surface area contributed by atoms with Crippen molar-refractivity contribution in [1.82, 2.24) is 4.57 Å². The van der Waals surface area contributed by atoms with Crippen LogP contribution in [-0.4, -0.2) is 30.2 Å². The average molecular weight is 312 g/mol. The van der Waals surface area contributed by atoms with Crippen LogP contribution >= 0.6 is 0 Å². The van der Waals surface area contributed by atoms with E-state index in [9.17, 15) is 9.59 Å². The van der Waals surface area contributed by atoms with Crippen molar-refractivity contribution in [2.24, 2.45) is 0 Å². The Morgan fingerprint density at radius 3 is 2.83 bits per heavy atom. The van der Waals surface area contributed by atoms with Crippen molar-refractivity contribution in [3.8, 4) is 0 Å². The average Bonchev–Trinajstić information content (AvgIpc) is 2.89. The molecule has 1 aliphatic rings. The van der Waals surface area contributed by atoms with Crippen molar-refractivity contribution in [3.05, 3.63) is 64.1 Å². The number of para-hydroxylation sites is 1. The number of nitrogens with zero attached hydrogens (tertiary/aromatic N) is 2. The highest BCUT2D eigenvalue weighted by Crippen LogP contribution is 2.32. The normalized spacial score (nSPS) is 16.4. The predicted octanol–water partition coefficient (Wildman–Crippen LogP) is 2.09. The lowest BCUT2D eigenvalue weighted by Crippen LogP contribution is -2.36. The highest BCUT2D eigenvalue weighted by molar-refractivity contribution is 6.07. The molecule has 0 N–H and O–H groups in total. The van der Waals surface area contributed by atoms with Gasteiger partial charge in [-0.2, -0.15) is 0 Å². The van der Waals surface area contributed by atoms with Gasteiger partial charge in [0.15, 0.2) is 0 Å². The van der Waals surface area contributed by atoms with Crippen LogP contribution in [0.2, 0.25) is 0 Å². The van der Waals surface area contributed by atoms with E-state index in [0.29, 0.717) is 18.7 Å². The Kier molecular flexibility index (Phi) is 4.30. The molecule has 1 atom stereocenters. The lowest BCUT2D eigenvalue weighted by Gasteiger charge is -2.23. The highest BCUT2D eigenvalue weighted by Gasteiger charge is 2.31. The molecule has 5 nitrogen and oxygen atoms in total. The third kappa shape index (κ3) is 2.92. The van der Waals surface area contributed by atoms with Crippen LogP contribution < -0.4 is 10.5 Å². The highest BCUT2D eigenvalue weighted by atomic mass is 16.5. The van der Waals surface area contributed by atoms with Gasteiger partial charge in [0.2, 0.25) is 0 Å². The largest absolute Gasteiger partial charge is 0.383 e. The minimum absolute atomic E-state index is 0.0754. The third-order valence-electron chi connectivity index (χ3n) is 4.19. The molecule has 5 heteroatoms. The van der Waals surface area contributed by atoms with E-state index in [-0.39, 0.29) is 17.5 Å². The van der Waals surface area contributed by atoms with Gasteiger partial charge in [0.05, 0.1) is 12.2 Å². The summed E-state index contributed by atoms with van der Waals surface area (Å²) in [5.41, 5.74) is 2.53. The second kappa shape index (κ2) is 6.38. The van der Waals surface area contributed by atoms with Crippen molar-refractivity contribution in [2.75, 3.05) is 18.6 Å². The number of hydrogen-bond donors (Lipinski definition) is 0. The topological polar surface area (TPSA) is 51.5 Å². The second-order valence-corrected chi connectivity index (χ2v) is 5.80. The first kappa shape index (κ1) is 15.5. The molecule has 2 aromatic rings. The summed E-state index contributed by atoms with van der Waals surface area (Å²) < 4.78 is 6.53. The summed E-state index contributed by atoms with van der Waals surface area (Å²) >= 11 is 0. The summed E-state index contributed by atoms with van der Waals surface area (Å²) in [4.78, 5) is 26.6. The van der Waals surface area contributed by atoms with E-state index in [1.807, 2.05) is 30.0 Å². The van der Waals surface area contributed by atoms with Gasteiger partial charge in [-0.05, 0) is 31.0 Å². The summed E-state index contributed by atoms with van der Waals surface area (Å²) in [7, 11) is 1.59. The first-order valence-corrected chi connectivity index (χ1v) is 7.72. The fourth-order valence-corrected chi connectivity index (χ4v) is 3.04. The predicted molar refractivity (Wildman–Crippen MR) is 89.0 cm³/mol. The molecule has 1 unspecified atom stereocenters. The van der Waals surface area contributed by atoms with Crippen molar-refractivity contribution < 1.29 is 9.53 Å². The van der Waals surface area contributed by atoms with Crippen LogP contribution in [0, 0.1) is 0 Å². The maximum atomic E-state index is 12.9. The molecule has 0 spiro atoms. The Labute approximate surface area is 135 Å². The van der Waals surface area contributed by atoms with Crippen molar-refractivity contribution in [3.63, 3.8) is 0 Å². The summed E-state index contributed by atoms with van der Waals surface area (Å²) in [6.07, 6.45) is 2.47. The lowest BCUT2D eigenvalue weighted by molar-refractivity contribution is 0.0980. The lowest BCUT2D eigenvalue weighted by atomic mass is 10.1. The van der Waals surface area contributed by atoms with Gasteiger partial charge in [-0.1, -0.05) is 18.2 Å². The smallest absolute Gasteiger partial charge is 0.260 e. The van der Waals surface area contributed by atoms with Crippen LogP contribution in [0.15, 0.2) is 47.4 Å². The Hall–Kier alpha value is -2.40. The van der Waals surface area contributed by atoms with Gasteiger partial charge in [0, 0.05) is 37.6 Å². The van der Waals surface area contributed by atoms with Crippen molar-refractivity contribution in [2.45, 2.75) is 25.9 Å². The first-order valence-electron chi connectivity index (χ1n) is 7.72. The molecular weight excluding hydrogens is 292 g/mol. The molecule has 1 aromatic heterocycles. The first-order chi connectivity index (χ1) is 11.1. The fraction of sp³-hybridized carbons (Fsp3) is 0.333. The van der Waals surface area contributed by atoms with Crippen LogP contribution in [0.25, 0.3) is 0 Å².